The summed E-state index contributed by atoms with van der Waals surface area (Å²) >= 11 is 1.59. The largest absolute Gasteiger partial charge is 0.338 e. The average Bonchev–Trinajstić information content (AvgIpc) is 3.41. The zero-order chi connectivity index (χ0) is 21.1. The van der Waals surface area contributed by atoms with Crippen molar-refractivity contribution in [2.75, 3.05) is 18.4 Å². The lowest BCUT2D eigenvalue weighted by Crippen LogP contribution is -2.40. The fourth-order valence-corrected chi connectivity index (χ4v) is 4.65. The fourth-order valence-electron chi connectivity index (χ4n) is 4.00. The van der Waals surface area contributed by atoms with Crippen LogP contribution in [0.25, 0.3) is 10.7 Å². The van der Waals surface area contributed by atoms with Crippen LogP contribution in [0.4, 0.5) is 5.69 Å². The van der Waals surface area contributed by atoms with Gasteiger partial charge in [-0.05, 0) is 54.8 Å². The second-order valence-electron chi connectivity index (χ2n) is 8.25. The Bertz CT molecular complexity index is 997. The lowest BCUT2D eigenvalue weighted by Gasteiger charge is -2.31. The summed E-state index contributed by atoms with van der Waals surface area (Å²) in [5.41, 5.74) is 3.25. The maximum atomic E-state index is 13.1. The van der Waals surface area contributed by atoms with E-state index in [2.05, 4.69) is 59.3 Å². The predicted octanol–water partition coefficient (Wildman–Crippen LogP) is 5.08. The topological polar surface area (TPSA) is 71.3 Å². The molecule has 1 aliphatic heterocycles. The third kappa shape index (κ3) is 4.63. The first-order chi connectivity index (χ1) is 14.5. The maximum Gasteiger partial charge on any atom is 0.241 e. The van der Waals surface area contributed by atoms with E-state index < -0.39 is 0 Å². The van der Waals surface area contributed by atoms with Crippen LogP contribution in [0.1, 0.15) is 49.6 Å². The van der Waals surface area contributed by atoms with E-state index in [-0.39, 0.29) is 11.8 Å². The lowest BCUT2D eigenvalue weighted by atomic mass is 9.95. The summed E-state index contributed by atoms with van der Waals surface area (Å²) in [7, 11) is 0. The smallest absolute Gasteiger partial charge is 0.241 e. The van der Waals surface area contributed by atoms with Gasteiger partial charge in [-0.3, -0.25) is 9.69 Å². The number of piperidine rings is 1. The zero-order valence-electron chi connectivity index (χ0n) is 17.7. The van der Waals surface area contributed by atoms with Gasteiger partial charge in [0.25, 0.3) is 0 Å². The van der Waals surface area contributed by atoms with Gasteiger partial charge in [-0.2, -0.15) is 4.98 Å². The molecule has 0 radical (unpaired) electrons. The van der Waals surface area contributed by atoms with Gasteiger partial charge in [0, 0.05) is 12.2 Å². The highest BCUT2D eigenvalue weighted by atomic mass is 32.1. The minimum Gasteiger partial charge on any atom is -0.338 e. The van der Waals surface area contributed by atoms with E-state index in [1.165, 1.54) is 5.56 Å². The minimum atomic E-state index is -0.0435. The van der Waals surface area contributed by atoms with Gasteiger partial charge in [-0.25, -0.2) is 0 Å². The number of carbonyl (C=O) groups is 1. The first-order valence-corrected chi connectivity index (χ1v) is 11.4. The van der Waals surface area contributed by atoms with Crippen molar-refractivity contribution in [1.29, 1.82) is 0 Å². The molecular weight excluding hydrogens is 396 g/mol. The Morgan fingerprint density at radius 2 is 2.20 bits per heavy atom. The van der Waals surface area contributed by atoms with Crippen LogP contribution >= 0.6 is 11.3 Å². The van der Waals surface area contributed by atoms with E-state index in [1.807, 2.05) is 17.5 Å². The second kappa shape index (κ2) is 9.10. The molecule has 1 aliphatic rings. The van der Waals surface area contributed by atoms with Gasteiger partial charge < -0.3 is 9.84 Å². The molecular formula is C23H28N4O2S. The van der Waals surface area contributed by atoms with E-state index in [0.29, 0.717) is 30.7 Å². The number of carbonyl (C=O) groups excluding carboxylic acids is 1. The van der Waals surface area contributed by atoms with E-state index in [0.717, 1.165) is 35.5 Å². The number of thiophene rings is 1. The minimum absolute atomic E-state index is 0.0435. The number of likely N-dealkylation sites (tertiary alicyclic amines) is 1. The van der Waals surface area contributed by atoms with Crippen LogP contribution in [0.2, 0.25) is 0 Å². The Balaban J connectivity index is 1.40. The molecule has 0 aliphatic carbocycles. The SMILES string of the molecule is Cc1cccc(C(C)C)c1NC(=O)C1CCCN(Cc2nc(-c3cccs3)no2)C1. The molecule has 1 saturated heterocycles. The van der Waals surface area contributed by atoms with E-state index in [4.69, 9.17) is 4.52 Å². The van der Waals surface area contributed by atoms with Gasteiger partial charge in [-0.1, -0.05) is 43.3 Å². The molecule has 158 valence electrons. The lowest BCUT2D eigenvalue weighted by molar-refractivity contribution is -0.121. The van der Waals surface area contributed by atoms with Crippen molar-refractivity contribution in [3.05, 3.63) is 52.7 Å². The highest BCUT2D eigenvalue weighted by molar-refractivity contribution is 7.13. The molecule has 4 rings (SSSR count). The summed E-state index contributed by atoms with van der Waals surface area (Å²) in [4.78, 5) is 20.8. The maximum absolute atomic E-state index is 13.1. The number of aromatic nitrogens is 2. The molecule has 2 aromatic heterocycles. The zero-order valence-corrected chi connectivity index (χ0v) is 18.5. The van der Waals surface area contributed by atoms with Crippen LogP contribution in [-0.4, -0.2) is 34.0 Å². The number of para-hydroxylation sites is 1. The standard InChI is InChI=1S/C23H28N4O2S/c1-15(2)18-9-4-7-16(3)21(18)25-23(28)17-8-5-11-27(13-17)14-20-24-22(26-29-20)19-10-6-12-30-19/h4,6-7,9-10,12,15,17H,5,8,11,13-14H2,1-3H3,(H,25,28). The Hall–Kier alpha value is -2.51. The van der Waals surface area contributed by atoms with Gasteiger partial charge in [0.1, 0.15) is 0 Å². The van der Waals surface area contributed by atoms with Crippen LogP contribution < -0.4 is 5.32 Å². The number of benzene rings is 1. The Morgan fingerprint density at radius 3 is 2.97 bits per heavy atom. The summed E-state index contributed by atoms with van der Waals surface area (Å²) in [6.45, 7) is 8.57. The van der Waals surface area contributed by atoms with Crippen LogP contribution in [0.15, 0.2) is 40.2 Å². The van der Waals surface area contributed by atoms with Crippen LogP contribution in [0.3, 0.4) is 0 Å². The van der Waals surface area contributed by atoms with Crippen molar-refractivity contribution in [1.82, 2.24) is 15.0 Å². The highest BCUT2D eigenvalue weighted by Gasteiger charge is 2.28. The number of nitrogens with zero attached hydrogens (tertiary/aromatic N) is 3. The van der Waals surface area contributed by atoms with Crippen molar-refractivity contribution in [3.8, 4) is 10.7 Å². The summed E-state index contributed by atoms with van der Waals surface area (Å²) in [5.74, 6) is 1.64. The van der Waals surface area contributed by atoms with Crippen molar-refractivity contribution in [3.63, 3.8) is 0 Å². The van der Waals surface area contributed by atoms with Crippen LogP contribution in [0.5, 0.6) is 0 Å². The van der Waals surface area contributed by atoms with Gasteiger partial charge in [-0.15, -0.1) is 11.3 Å². The second-order valence-corrected chi connectivity index (χ2v) is 9.19. The van der Waals surface area contributed by atoms with Crippen molar-refractivity contribution >= 4 is 22.9 Å². The monoisotopic (exact) mass is 424 g/mol. The molecule has 1 unspecified atom stereocenters. The number of hydrogen-bond donors (Lipinski definition) is 1. The average molecular weight is 425 g/mol. The number of amides is 1. The van der Waals surface area contributed by atoms with Gasteiger partial charge >= 0.3 is 0 Å². The summed E-state index contributed by atoms with van der Waals surface area (Å²) in [6.07, 6.45) is 1.88. The van der Waals surface area contributed by atoms with E-state index >= 15 is 0 Å². The van der Waals surface area contributed by atoms with Crippen LogP contribution in [0, 0.1) is 12.8 Å². The number of aryl methyl sites for hydroxylation is 1. The molecule has 1 N–H and O–H groups in total. The quantitative estimate of drug-likeness (QED) is 0.597. The molecule has 0 saturated carbocycles. The highest BCUT2D eigenvalue weighted by Crippen LogP contribution is 2.29. The summed E-state index contributed by atoms with van der Waals surface area (Å²) in [5, 5.41) is 9.31. The predicted molar refractivity (Wildman–Crippen MR) is 120 cm³/mol. The van der Waals surface area contributed by atoms with E-state index in [1.54, 1.807) is 11.3 Å². The number of nitrogens with one attached hydrogen (secondary N) is 1. The third-order valence-electron chi connectivity index (χ3n) is 5.62. The van der Waals surface area contributed by atoms with Crippen molar-refractivity contribution < 1.29 is 9.32 Å². The molecule has 1 atom stereocenters. The van der Waals surface area contributed by atoms with Gasteiger partial charge in [0.2, 0.25) is 17.6 Å². The third-order valence-corrected chi connectivity index (χ3v) is 6.49. The summed E-state index contributed by atoms with van der Waals surface area (Å²) in [6, 6.07) is 10.2. The van der Waals surface area contributed by atoms with Crippen molar-refractivity contribution in [2.24, 2.45) is 5.92 Å². The normalized spacial score (nSPS) is 17.4. The number of hydrogen-bond acceptors (Lipinski definition) is 6. The number of anilines is 1. The molecule has 1 fully saturated rings. The molecule has 3 aromatic rings. The molecule has 7 heteroatoms. The number of rotatable bonds is 6. The van der Waals surface area contributed by atoms with Crippen LogP contribution in [-0.2, 0) is 11.3 Å². The summed E-state index contributed by atoms with van der Waals surface area (Å²) < 4.78 is 5.44. The van der Waals surface area contributed by atoms with Crippen molar-refractivity contribution in [2.45, 2.75) is 46.1 Å². The first kappa shape index (κ1) is 20.8. The van der Waals surface area contributed by atoms with Gasteiger partial charge in [0.05, 0.1) is 17.3 Å². The molecule has 1 amide bonds. The molecule has 6 nitrogen and oxygen atoms in total. The Morgan fingerprint density at radius 1 is 1.33 bits per heavy atom. The Labute approximate surface area is 181 Å². The molecule has 3 heterocycles. The molecule has 30 heavy (non-hydrogen) atoms. The first-order valence-electron chi connectivity index (χ1n) is 10.5. The molecule has 0 bridgehead atoms. The molecule has 1 aromatic carbocycles. The van der Waals surface area contributed by atoms with E-state index in [9.17, 15) is 4.79 Å². The fraction of sp³-hybridized carbons (Fsp3) is 0.435. The van der Waals surface area contributed by atoms with Gasteiger partial charge in [0.15, 0.2) is 0 Å². The Kier molecular flexibility index (Phi) is 6.29. The molecule has 0 spiro atoms.